The third-order valence-corrected chi connectivity index (χ3v) is 2.41. The molecule has 0 aliphatic carbocycles. The molecule has 0 spiro atoms. The van der Waals surface area contributed by atoms with Gasteiger partial charge in [-0.25, -0.2) is 0 Å². The molecule has 1 amide bonds. The second kappa shape index (κ2) is 5.14. The molecule has 0 saturated carbocycles. The number of rotatable bonds is 4. The van der Waals surface area contributed by atoms with Crippen LogP contribution in [0.5, 0.6) is 0 Å². The van der Waals surface area contributed by atoms with Crippen molar-refractivity contribution >= 4 is 27.7 Å². The van der Waals surface area contributed by atoms with Gasteiger partial charge in [0.15, 0.2) is 0 Å². The van der Waals surface area contributed by atoms with E-state index in [0.29, 0.717) is 18.2 Å². The monoisotopic (exact) mass is 259 g/mol. The number of anilines is 1. The number of H-pyrrole nitrogens is 1. The highest BCUT2D eigenvalue weighted by molar-refractivity contribution is 9.10. The molecule has 0 unspecified atom stereocenters. The molecular formula is C9H14BrN3O. The van der Waals surface area contributed by atoms with Crippen LogP contribution in [0.1, 0.15) is 26.7 Å². The van der Waals surface area contributed by atoms with Crippen LogP contribution in [0.3, 0.4) is 0 Å². The predicted molar refractivity (Wildman–Crippen MR) is 59.0 cm³/mol. The standard InChI is InChI=1S/C9H14BrN3O/c1-6(2)3-4-8(14)12-9-7(10)5-11-13-9/h5-6H,3-4H2,1-2H3,(H2,11,12,13,14). The van der Waals surface area contributed by atoms with Gasteiger partial charge >= 0.3 is 0 Å². The molecule has 4 nitrogen and oxygen atoms in total. The van der Waals surface area contributed by atoms with Gasteiger partial charge in [-0.15, -0.1) is 0 Å². The average Bonchev–Trinajstić information content (AvgIpc) is 2.49. The molecule has 0 fully saturated rings. The summed E-state index contributed by atoms with van der Waals surface area (Å²) in [4.78, 5) is 11.4. The molecule has 1 heterocycles. The summed E-state index contributed by atoms with van der Waals surface area (Å²) < 4.78 is 0.774. The minimum absolute atomic E-state index is 0.0173. The van der Waals surface area contributed by atoms with E-state index in [-0.39, 0.29) is 5.91 Å². The molecular weight excluding hydrogens is 246 g/mol. The smallest absolute Gasteiger partial charge is 0.225 e. The Morgan fingerprint density at radius 3 is 2.93 bits per heavy atom. The van der Waals surface area contributed by atoms with Gasteiger partial charge in [0.05, 0.1) is 10.7 Å². The summed E-state index contributed by atoms with van der Waals surface area (Å²) in [6.45, 7) is 4.19. The van der Waals surface area contributed by atoms with E-state index in [4.69, 9.17) is 0 Å². The number of aromatic nitrogens is 2. The number of aromatic amines is 1. The molecule has 5 heteroatoms. The van der Waals surface area contributed by atoms with E-state index in [0.717, 1.165) is 10.9 Å². The maximum Gasteiger partial charge on any atom is 0.225 e. The van der Waals surface area contributed by atoms with Crippen LogP contribution in [-0.4, -0.2) is 16.1 Å². The van der Waals surface area contributed by atoms with Gasteiger partial charge in [0.25, 0.3) is 0 Å². The maximum atomic E-state index is 11.4. The third-order valence-electron chi connectivity index (χ3n) is 1.81. The van der Waals surface area contributed by atoms with E-state index >= 15 is 0 Å². The van der Waals surface area contributed by atoms with Crippen molar-refractivity contribution in [1.82, 2.24) is 10.2 Å². The highest BCUT2D eigenvalue weighted by Crippen LogP contribution is 2.18. The molecule has 1 aromatic rings. The predicted octanol–water partition coefficient (Wildman–Crippen LogP) is 2.55. The fraction of sp³-hybridized carbons (Fsp3) is 0.556. The van der Waals surface area contributed by atoms with Crippen molar-refractivity contribution in [3.8, 4) is 0 Å². The Balaban J connectivity index is 2.38. The Kier molecular flexibility index (Phi) is 4.13. The number of amides is 1. The van der Waals surface area contributed by atoms with Crippen molar-refractivity contribution in [2.45, 2.75) is 26.7 Å². The van der Waals surface area contributed by atoms with Crippen molar-refractivity contribution in [2.75, 3.05) is 5.32 Å². The number of carbonyl (C=O) groups is 1. The molecule has 0 aliphatic rings. The number of nitrogens with one attached hydrogen (secondary N) is 2. The lowest BCUT2D eigenvalue weighted by atomic mass is 10.1. The van der Waals surface area contributed by atoms with Crippen LogP contribution < -0.4 is 5.32 Å². The Morgan fingerprint density at radius 2 is 2.43 bits per heavy atom. The van der Waals surface area contributed by atoms with Crippen molar-refractivity contribution in [1.29, 1.82) is 0 Å². The number of hydrogen-bond acceptors (Lipinski definition) is 2. The van der Waals surface area contributed by atoms with E-state index in [9.17, 15) is 4.79 Å². The number of carbonyl (C=O) groups excluding carboxylic acids is 1. The Hall–Kier alpha value is -0.840. The van der Waals surface area contributed by atoms with Crippen LogP contribution >= 0.6 is 15.9 Å². The summed E-state index contributed by atoms with van der Waals surface area (Å²) in [6.07, 6.45) is 3.05. The summed E-state index contributed by atoms with van der Waals surface area (Å²) in [5.41, 5.74) is 0. The molecule has 0 aliphatic heterocycles. The zero-order valence-corrected chi connectivity index (χ0v) is 9.89. The summed E-state index contributed by atoms with van der Waals surface area (Å²) in [6, 6.07) is 0. The highest BCUT2D eigenvalue weighted by atomic mass is 79.9. The number of halogens is 1. The molecule has 14 heavy (non-hydrogen) atoms. The van der Waals surface area contributed by atoms with Crippen LogP contribution in [0.25, 0.3) is 0 Å². The van der Waals surface area contributed by atoms with Gasteiger partial charge in [0, 0.05) is 6.42 Å². The van der Waals surface area contributed by atoms with Crippen molar-refractivity contribution < 1.29 is 4.79 Å². The molecule has 0 radical (unpaired) electrons. The van der Waals surface area contributed by atoms with Crippen molar-refractivity contribution in [3.05, 3.63) is 10.7 Å². The van der Waals surface area contributed by atoms with E-state index in [2.05, 4.69) is 45.3 Å². The van der Waals surface area contributed by atoms with E-state index < -0.39 is 0 Å². The van der Waals surface area contributed by atoms with Gasteiger partial charge in [-0.1, -0.05) is 13.8 Å². The third kappa shape index (κ3) is 3.49. The summed E-state index contributed by atoms with van der Waals surface area (Å²) in [7, 11) is 0. The minimum Gasteiger partial charge on any atom is -0.310 e. The molecule has 2 N–H and O–H groups in total. The average molecular weight is 260 g/mol. The molecule has 1 rings (SSSR count). The molecule has 1 aromatic heterocycles. The first kappa shape index (κ1) is 11.2. The number of hydrogen-bond donors (Lipinski definition) is 2. The second-order valence-corrected chi connectivity index (χ2v) is 4.43. The van der Waals surface area contributed by atoms with Gasteiger partial charge in [-0.05, 0) is 28.3 Å². The fourth-order valence-corrected chi connectivity index (χ4v) is 1.27. The van der Waals surface area contributed by atoms with Gasteiger partial charge in [0.1, 0.15) is 5.82 Å². The van der Waals surface area contributed by atoms with Crippen LogP contribution in [0.2, 0.25) is 0 Å². The lowest BCUT2D eigenvalue weighted by Gasteiger charge is -2.04. The van der Waals surface area contributed by atoms with Crippen LogP contribution in [0, 0.1) is 5.92 Å². The Morgan fingerprint density at radius 1 is 1.71 bits per heavy atom. The minimum atomic E-state index is 0.0173. The summed E-state index contributed by atoms with van der Waals surface area (Å²) in [5, 5.41) is 9.22. The zero-order chi connectivity index (χ0) is 10.6. The molecule has 78 valence electrons. The van der Waals surface area contributed by atoms with E-state index in [1.807, 2.05) is 0 Å². The van der Waals surface area contributed by atoms with Crippen molar-refractivity contribution in [3.63, 3.8) is 0 Å². The molecule has 0 atom stereocenters. The normalized spacial score (nSPS) is 10.6. The molecule has 0 aromatic carbocycles. The summed E-state index contributed by atoms with van der Waals surface area (Å²) in [5.74, 6) is 1.19. The highest BCUT2D eigenvalue weighted by Gasteiger charge is 2.07. The SMILES string of the molecule is CC(C)CCC(=O)Nc1[nH]ncc1Br. The lowest BCUT2D eigenvalue weighted by molar-refractivity contribution is -0.116. The number of nitrogens with zero attached hydrogens (tertiary/aromatic N) is 1. The molecule has 0 bridgehead atoms. The quantitative estimate of drug-likeness (QED) is 0.874. The molecule has 0 saturated heterocycles. The Bertz CT molecular complexity index is 309. The van der Waals surface area contributed by atoms with Crippen LogP contribution in [0.4, 0.5) is 5.82 Å². The van der Waals surface area contributed by atoms with Gasteiger partial charge in [-0.2, -0.15) is 5.10 Å². The first-order valence-electron chi connectivity index (χ1n) is 4.58. The van der Waals surface area contributed by atoms with Crippen LogP contribution in [0.15, 0.2) is 10.7 Å². The first-order chi connectivity index (χ1) is 6.59. The van der Waals surface area contributed by atoms with E-state index in [1.54, 1.807) is 6.20 Å². The van der Waals surface area contributed by atoms with Gasteiger partial charge in [-0.3, -0.25) is 9.89 Å². The van der Waals surface area contributed by atoms with Gasteiger partial charge in [0.2, 0.25) is 5.91 Å². The van der Waals surface area contributed by atoms with Crippen molar-refractivity contribution in [2.24, 2.45) is 5.92 Å². The van der Waals surface area contributed by atoms with Crippen LogP contribution in [-0.2, 0) is 4.79 Å². The van der Waals surface area contributed by atoms with E-state index in [1.165, 1.54) is 0 Å². The zero-order valence-electron chi connectivity index (χ0n) is 8.30. The lowest BCUT2D eigenvalue weighted by Crippen LogP contribution is -2.12. The maximum absolute atomic E-state index is 11.4. The summed E-state index contributed by atoms with van der Waals surface area (Å²) >= 11 is 3.27. The second-order valence-electron chi connectivity index (χ2n) is 3.57. The Labute approximate surface area is 91.6 Å². The largest absolute Gasteiger partial charge is 0.310 e. The van der Waals surface area contributed by atoms with Gasteiger partial charge < -0.3 is 5.32 Å². The topological polar surface area (TPSA) is 57.8 Å². The fourth-order valence-electron chi connectivity index (χ4n) is 0.981. The first-order valence-corrected chi connectivity index (χ1v) is 5.37.